The van der Waals surface area contributed by atoms with Crippen molar-refractivity contribution in [3.63, 3.8) is 0 Å². The van der Waals surface area contributed by atoms with Gasteiger partial charge in [-0.3, -0.25) is 4.79 Å². The molecule has 0 aliphatic heterocycles. The molecule has 0 heterocycles. The number of likely N-dealkylation sites (N-methyl/N-ethyl adjacent to an activating group) is 1. The molecule has 0 saturated heterocycles. The molecule has 0 aliphatic carbocycles. The van der Waals surface area contributed by atoms with Gasteiger partial charge < -0.3 is 20.1 Å². The molecule has 0 saturated carbocycles. The summed E-state index contributed by atoms with van der Waals surface area (Å²) in [4.78, 5) is 12.2. The maximum atomic E-state index is 12.2. The van der Waals surface area contributed by atoms with Crippen molar-refractivity contribution in [1.82, 2.24) is 10.6 Å². The molecule has 0 bridgehead atoms. The van der Waals surface area contributed by atoms with Gasteiger partial charge in [-0.2, -0.15) is 0 Å². The summed E-state index contributed by atoms with van der Waals surface area (Å²) in [5.74, 6) is 1.15. The molecule has 128 valence electrons. The fourth-order valence-corrected chi connectivity index (χ4v) is 2.71. The van der Waals surface area contributed by atoms with E-state index < -0.39 is 6.04 Å². The van der Waals surface area contributed by atoms with Crippen LogP contribution in [0, 0.1) is 0 Å². The van der Waals surface area contributed by atoms with Crippen LogP contribution < -0.4 is 20.1 Å². The Bertz CT molecular complexity index is 706. The normalized spacial score (nSPS) is 11.7. The molecule has 2 rings (SSSR count). The fraction of sp³-hybridized carbons (Fsp3) is 0.278. The summed E-state index contributed by atoms with van der Waals surface area (Å²) in [6.07, 6.45) is 0. The summed E-state index contributed by atoms with van der Waals surface area (Å²) in [7, 11) is 4.89. The Morgan fingerprint density at radius 3 is 2.50 bits per heavy atom. The van der Waals surface area contributed by atoms with E-state index in [0.29, 0.717) is 16.5 Å². The molecule has 2 aromatic carbocycles. The SMILES string of the molecule is CNCC(=O)NC(c1ccccc1Cl)c1ccc(OC)cc1OC. The van der Waals surface area contributed by atoms with Crippen molar-refractivity contribution in [1.29, 1.82) is 0 Å². The van der Waals surface area contributed by atoms with Crippen LogP contribution in [0.2, 0.25) is 5.02 Å². The van der Waals surface area contributed by atoms with Crippen LogP contribution in [0.15, 0.2) is 42.5 Å². The van der Waals surface area contributed by atoms with Gasteiger partial charge in [0.05, 0.1) is 26.8 Å². The number of ether oxygens (including phenoxy) is 2. The highest BCUT2D eigenvalue weighted by Crippen LogP contribution is 2.35. The second-order valence-corrected chi connectivity index (χ2v) is 5.57. The summed E-state index contributed by atoms with van der Waals surface area (Å²) in [6.45, 7) is 0.208. The van der Waals surface area contributed by atoms with Gasteiger partial charge in [-0.1, -0.05) is 29.8 Å². The van der Waals surface area contributed by atoms with E-state index in [9.17, 15) is 4.79 Å². The van der Waals surface area contributed by atoms with Crippen LogP contribution in [0.5, 0.6) is 11.5 Å². The van der Waals surface area contributed by atoms with Gasteiger partial charge in [0.15, 0.2) is 0 Å². The van der Waals surface area contributed by atoms with E-state index in [1.54, 1.807) is 33.4 Å². The molecule has 1 amide bonds. The number of rotatable bonds is 7. The van der Waals surface area contributed by atoms with Crippen LogP contribution in [0.4, 0.5) is 0 Å². The highest BCUT2D eigenvalue weighted by atomic mass is 35.5. The monoisotopic (exact) mass is 348 g/mol. The minimum absolute atomic E-state index is 0.139. The molecule has 0 radical (unpaired) electrons. The Balaban J connectivity index is 2.50. The minimum Gasteiger partial charge on any atom is -0.497 e. The highest BCUT2D eigenvalue weighted by Gasteiger charge is 2.22. The van der Waals surface area contributed by atoms with Gasteiger partial charge in [-0.05, 0) is 30.8 Å². The van der Waals surface area contributed by atoms with Gasteiger partial charge >= 0.3 is 0 Å². The standard InChI is InChI=1S/C18H21ClN2O3/c1-20-11-17(22)21-18(13-6-4-5-7-15(13)19)14-9-8-12(23-2)10-16(14)24-3/h4-10,18,20H,11H2,1-3H3,(H,21,22). The third-order valence-corrected chi connectivity index (χ3v) is 3.95. The summed E-state index contributed by atoms with van der Waals surface area (Å²) in [5, 5.41) is 6.41. The zero-order chi connectivity index (χ0) is 17.5. The number of methoxy groups -OCH3 is 2. The molecular weight excluding hydrogens is 328 g/mol. The molecule has 0 fully saturated rings. The zero-order valence-electron chi connectivity index (χ0n) is 13.9. The summed E-state index contributed by atoms with van der Waals surface area (Å²) < 4.78 is 10.7. The number of amides is 1. The lowest BCUT2D eigenvalue weighted by molar-refractivity contribution is -0.120. The first kappa shape index (κ1) is 18.1. The molecule has 2 aromatic rings. The average molecular weight is 349 g/mol. The first-order chi connectivity index (χ1) is 11.6. The second-order valence-electron chi connectivity index (χ2n) is 5.16. The topological polar surface area (TPSA) is 59.6 Å². The Hall–Kier alpha value is -2.24. The minimum atomic E-state index is -0.430. The molecule has 1 unspecified atom stereocenters. The number of hydrogen-bond acceptors (Lipinski definition) is 4. The van der Waals surface area contributed by atoms with Gasteiger partial charge in [-0.25, -0.2) is 0 Å². The first-order valence-electron chi connectivity index (χ1n) is 7.51. The Labute approximate surface area is 146 Å². The lowest BCUT2D eigenvalue weighted by Crippen LogP contribution is -2.35. The Morgan fingerprint density at radius 1 is 1.12 bits per heavy atom. The lowest BCUT2D eigenvalue weighted by atomic mass is 9.97. The van der Waals surface area contributed by atoms with Crippen LogP contribution in [-0.2, 0) is 4.79 Å². The number of benzene rings is 2. The molecule has 2 N–H and O–H groups in total. The van der Waals surface area contributed by atoms with Gasteiger partial charge in [0.2, 0.25) is 5.91 Å². The molecule has 1 atom stereocenters. The number of carbonyl (C=O) groups excluding carboxylic acids is 1. The van der Waals surface area contributed by atoms with Crippen LogP contribution in [-0.4, -0.2) is 33.7 Å². The summed E-state index contributed by atoms with van der Waals surface area (Å²) in [6, 6.07) is 12.5. The molecule has 24 heavy (non-hydrogen) atoms. The predicted molar refractivity (Wildman–Crippen MR) is 94.9 cm³/mol. The van der Waals surface area contributed by atoms with Crippen molar-refractivity contribution in [2.45, 2.75) is 6.04 Å². The van der Waals surface area contributed by atoms with Crippen molar-refractivity contribution in [2.24, 2.45) is 0 Å². The molecule has 0 aliphatic rings. The summed E-state index contributed by atoms with van der Waals surface area (Å²) in [5.41, 5.74) is 1.60. The predicted octanol–water partition coefficient (Wildman–Crippen LogP) is 2.78. The molecule has 5 nitrogen and oxygen atoms in total. The van der Waals surface area contributed by atoms with E-state index >= 15 is 0 Å². The van der Waals surface area contributed by atoms with Crippen LogP contribution in [0.25, 0.3) is 0 Å². The fourth-order valence-electron chi connectivity index (χ4n) is 2.46. The van der Waals surface area contributed by atoms with Crippen LogP contribution in [0.1, 0.15) is 17.2 Å². The third kappa shape index (κ3) is 4.19. The van der Waals surface area contributed by atoms with E-state index in [1.807, 2.05) is 30.3 Å². The van der Waals surface area contributed by atoms with Gasteiger partial charge in [0, 0.05) is 16.7 Å². The van der Waals surface area contributed by atoms with E-state index in [0.717, 1.165) is 11.1 Å². The van der Waals surface area contributed by atoms with E-state index in [1.165, 1.54) is 0 Å². The van der Waals surface area contributed by atoms with E-state index in [4.69, 9.17) is 21.1 Å². The first-order valence-corrected chi connectivity index (χ1v) is 7.88. The quantitative estimate of drug-likeness (QED) is 0.807. The maximum absolute atomic E-state index is 12.2. The van der Waals surface area contributed by atoms with E-state index in [2.05, 4.69) is 10.6 Å². The Morgan fingerprint density at radius 2 is 1.88 bits per heavy atom. The van der Waals surface area contributed by atoms with E-state index in [-0.39, 0.29) is 12.5 Å². The van der Waals surface area contributed by atoms with Gasteiger partial charge in [0.1, 0.15) is 11.5 Å². The zero-order valence-corrected chi connectivity index (χ0v) is 14.7. The van der Waals surface area contributed by atoms with Gasteiger partial charge in [-0.15, -0.1) is 0 Å². The van der Waals surface area contributed by atoms with Gasteiger partial charge in [0.25, 0.3) is 0 Å². The van der Waals surface area contributed by atoms with Crippen molar-refractivity contribution in [3.05, 3.63) is 58.6 Å². The number of halogens is 1. The smallest absolute Gasteiger partial charge is 0.234 e. The van der Waals surface area contributed by atoms with Crippen LogP contribution >= 0.6 is 11.6 Å². The number of hydrogen-bond donors (Lipinski definition) is 2. The third-order valence-electron chi connectivity index (χ3n) is 3.61. The molecule has 6 heteroatoms. The number of carbonyl (C=O) groups is 1. The number of nitrogens with one attached hydrogen (secondary N) is 2. The largest absolute Gasteiger partial charge is 0.497 e. The molecule has 0 aromatic heterocycles. The van der Waals surface area contributed by atoms with Crippen molar-refractivity contribution < 1.29 is 14.3 Å². The lowest BCUT2D eigenvalue weighted by Gasteiger charge is -2.23. The van der Waals surface area contributed by atoms with Crippen molar-refractivity contribution in [3.8, 4) is 11.5 Å². The average Bonchev–Trinajstić information content (AvgIpc) is 2.60. The molecule has 0 spiro atoms. The van der Waals surface area contributed by atoms with Crippen molar-refractivity contribution in [2.75, 3.05) is 27.8 Å². The van der Waals surface area contributed by atoms with Crippen molar-refractivity contribution >= 4 is 17.5 Å². The maximum Gasteiger partial charge on any atom is 0.234 e. The molecular formula is C18H21ClN2O3. The highest BCUT2D eigenvalue weighted by molar-refractivity contribution is 6.31. The summed E-state index contributed by atoms with van der Waals surface area (Å²) >= 11 is 6.35. The van der Waals surface area contributed by atoms with Crippen LogP contribution in [0.3, 0.4) is 0 Å². The second kappa shape index (κ2) is 8.57. The Kier molecular flexibility index (Phi) is 6.46.